The number of fused-ring (bicyclic) bond motifs is 1. The molecule has 0 amide bonds. The standard InChI is InChI=1S/C18H19N3O3/c1-12(11-24-13-6-4-3-5-7-13)18(22)21-16-10-14(23-2)8-9-15(16)17(19)20-21/h3-10,12H,11H2,1-2H3,(H2,19,20). The summed E-state index contributed by atoms with van der Waals surface area (Å²) in [5, 5.41) is 4.90. The van der Waals surface area contributed by atoms with Crippen LogP contribution >= 0.6 is 0 Å². The van der Waals surface area contributed by atoms with Crippen molar-refractivity contribution in [1.82, 2.24) is 9.78 Å². The zero-order valence-corrected chi connectivity index (χ0v) is 13.6. The first kappa shape index (κ1) is 15.9. The molecule has 1 heterocycles. The number of methoxy groups -OCH3 is 1. The fraction of sp³-hybridized carbons (Fsp3) is 0.222. The maximum atomic E-state index is 12.7. The minimum atomic E-state index is -0.376. The minimum Gasteiger partial charge on any atom is -0.497 e. The third kappa shape index (κ3) is 3.03. The first-order valence-electron chi connectivity index (χ1n) is 7.64. The Morgan fingerprint density at radius 1 is 1.21 bits per heavy atom. The normalized spacial score (nSPS) is 12.1. The summed E-state index contributed by atoms with van der Waals surface area (Å²) in [4.78, 5) is 12.7. The Kier molecular flexibility index (Phi) is 4.37. The number of aromatic nitrogens is 2. The summed E-state index contributed by atoms with van der Waals surface area (Å²) in [6.07, 6.45) is 0. The Hall–Kier alpha value is -3.02. The Balaban J connectivity index is 1.82. The molecule has 0 aliphatic carbocycles. The van der Waals surface area contributed by atoms with Gasteiger partial charge in [-0.3, -0.25) is 4.79 Å². The lowest BCUT2D eigenvalue weighted by Crippen LogP contribution is -2.25. The molecule has 0 fully saturated rings. The van der Waals surface area contributed by atoms with Crippen molar-refractivity contribution in [2.45, 2.75) is 6.92 Å². The van der Waals surface area contributed by atoms with E-state index in [1.165, 1.54) is 4.68 Å². The van der Waals surface area contributed by atoms with Crippen LogP contribution in [0.25, 0.3) is 10.9 Å². The molecule has 24 heavy (non-hydrogen) atoms. The lowest BCUT2D eigenvalue weighted by Gasteiger charge is -2.12. The van der Waals surface area contributed by atoms with Gasteiger partial charge < -0.3 is 15.2 Å². The van der Waals surface area contributed by atoms with E-state index in [9.17, 15) is 4.79 Å². The van der Waals surface area contributed by atoms with E-state index in [0.717, 1.165) is 11.1 Å². The first-order valence-corrected chi connectivity index (χ1v) is 7.64. The highest BCUT2D eigenvalue weighted by molar-refractivity contribution is 5.97. The summed E-state index contributed by atoms with van der Waals surface area (Å²) >= 11 is 0. The van der Waals surface area contributed by atoms with Crippen molar-refractivity contribution in [3.05, 3.63) is 48.5 Å². The summed E-state index contributed by atoms with van der Waals surface area (Å²) < 4.78 is 12.2. The van der Waals surface area contributed by atoms with E-state index in [0.29, 0.717) is 17.1 Å². The molecule has 3 aromatic rings. The lowest BCUT2D eigenvalue weighted by molar-refractivity contribution is 0.0792. The van der Waals surface area contributed by atoms with E-state index in [1.54, 1.807) is 32.2 Å². The summed E-state index contributed by atoms with van der Waals surface area (Å²) in [7, 11) is 1.57. The molecule has 2 N–H and O–H groups in total. The highest BCUT2D eigenvalue weighted by atomic mass is 16.5. The molecule has 1 unspecified atom stereocenters. The summed E-state index contributed by atoms with van der Waals surface area (Å²) in [6, 6.07) is 14.7. The van der Waals surface area contributed by atoms with Gasteiger partial charge in [0.05, 0.1) is 25.2 Å². The van der Waals surface area contributed by atoms with Gasteiger partial charge in [-0.05, 0) is 24.3 Å². The van der Waals surface area contributed by atoms with Gasteiger partial charge in [0.2, 0.25) is 0 Å². The topological polar surface area (TPSA) is 79.4 Å². The minimum absolute atomic E-state index is 0.180. The molecule has 0 saturated heterocycles. The Bertz CT molecular complexity index is 859. The van der Waals surface area contributed by atoms with Crippen LogP contribution in [0.5, 0.6) is 11.5 Å². The number of nitrogens with two attached hydrogens (primary N) is 1. The molecule has 1 aromatic heterocycles. The van der Waals surface area contributed by atoms with Crippen LogP contribution in [-0.4, -0.2) is 29.4 Å². The van der Waals surface area contributed by atoms with Crippen molar-refractivity contribution >= 4 is 22.6 Å². The van der Waals surface area contributed by atoms with Gasteiger partial charge in [0.15, 0.2) is 5.82 Å². The Morgan fingerprint density at radius 3 is 2.67 bits per heavy atom. The molecule has 2 aromatic carbocycles. The van der Waals surface area contributed by atoms with E-state index in [-0.39, 0.29) is 18.4 Å². The number of hydrogen-bond donors (Lipinski definition) is 1. The molecule has 0 bridgehead atoms. The predicted molar refractivity (Wildman–Crippen MR) is 92.4 cm³/mol. The molecule has 124 valence electrons. The van der Waals surface area contributed by atoms with Crippen molar-refractivity contribution in [2.75, 3.05) is 19.5 Å². The Morgan fingerprint density at radius 2 is 1.96 bits per heavy atom. The van der Waals surface area contributed by atoms with Gasteiger partial charge >= 0.3 is 0 Å². The third-order valence-corrected chi connectivity index (χ3v) is 3.79. The van der Waals surface area contributed by atoms with Gasteiger partial charge in [-0.25, -0.2) is 0 Å². The molecule has 0 aliphatic heterocycles. The van der Waals surface area contributed by atoms with Crippen LogP contribution in [0.3, 0.4) is 0 Å². The lowest BCUT2D eigenvalue weighted by atomic mass is 10.1. The van der Waals surface area contributed by atoms with E-state index >= 15 is 0 Å². The number of carbonyl (C=O) groups excluding carboxylic acids is 1. The van der Waals surface area contributed by atoms with Crippen LogP contribution < -0.4 is 15.2 Å². The number of para-hydroxylation sites is 1. The number of rotatable bonds is 5. The highest BCUT2D eigenvalue weighted by Gasteiger charge is 2.21. The van der Waals surface area contributed by atoms with Crippen molar-refractivity contribution in [3.8, 4) is 11.5 Å². The zero-order valence-electron chi connectivity index (χ0n) is 13.6. The monoisotopic (exact) mass is 325 g/mol. The molecule has 6 heteroatoms. The third-order valence-electron chi connectivity index (χ3n) is 3.79. The second kappa shape index (κ2) is 6.62. The molecule has 0 spiro atoms. The maximum Gasteiger partial charge on any atom is 0.253 e. The van der Waals surface area contributed by atoms with Crippen molar-refractivity contribution < 1.29 is 14.3 Å². The van der Waals surface area contributed by atoms with E-state index in [2.05, 4.69) is 5.10 Å². The van der Waals surface area contributed by atoms with E-state index in [1.807, 2.05) is 30.3 Å². The van der Waals surface area contributed by atoms with Crippen LogP contribution in [0.2, 0.25) is 0 Å². The Labute approximate surface area is 139 Å². The van der Waals surface area contributed by atoms with Gasteiger partial charge in [0.1, 0.15) is 11.5 Å². The summed E-state index contributed by atoms with van der Waals surface area (Å²) in [6.45, 7) is 2.06. The number of nitrogens with zero attached hydrogens (tertiary/aromatic N) is 2. The summed E-state index contributed by atoms with van der Waals surface area (Å²) in [5.41, 5.74) is 6.54. The molecule has 6 nitrogen and oxygen atoms in total. The van der Waals surface area contributed by atoms with Crippen molar-refractivity contribution in [3.63, 3.8) is 0 Å². The van der Waals surface area contributed by atoms with E-state index < -0.39 is 0 Å². The first-order chi connectivity index (χ1) is 11.6. The maximum absolute atomic E-state index is 12.7. The van der Waals surface area contributed by atoms with Crippen molar-refractivity contribution in [2.24, 2.45) is 5.92 Å². The van der Waals surface area contributed by atoms with Gasteiger partial charge in [-0.2, -0.15) is 4.68 Å². The number of carbonyl (C=O) groups is 1. The second-order valence-corrected chi connectivity index (χ2v) is 5.54. The molecular weight excluding hydrogens is 306 g/mol. The fourth-order valence-corrected chi connectivity index (χ4v) is 2.43. The quantitative estimate of drug-likeness (QED) is 0.780. The van der Waals surface area contributed by atoms with Crippen molar-refractivity contribution in [1.29, 1.82) is 0 Å². The molecule has 3 rings (SSSR count). The highest BCUT2D eigenvalue weighted by Crippen LogP contribution is 2.26. The summed E-state index contributed by atoms with van der Waals surface area (Å²) in [5.74, 6) is 1.13. The molecular formula is C18H19N3O3. The average molecular weight is 325 g/mol. The van der Waals surface area contributed by atoms with Gasteiger partial charge in [-0.1, -0.05) is 25.1 Å². The number of nitrogen functional groups attached to an aromatic ring is 1. The molecule has 0 saturated carbocycles. The fourth-order valence-electron chi connectivity index (χ4n) is 2.43. The van der Waals surface area contributed by atoms with Crippen LogP contribution in [0.1, 0.15) is 11.7 Å². The number of ether oxygens (including phenoxy) is 2. The van der Waals surface area contributed by atoms with Crippen LogP contribution in [0, 0.1) is 5.92 Å². The second-order valence-electron chi connectivity index (χ2n) is 5.54. The number of benzene rings is 2. The molecule has 0 radical (unpaired) electrons. The predicted octanol–water partition coefficient (Wildman–Crippen LogP) is 2.98. The molecule has 0 aliphatic rings. The largest absolute Gasteiger partial charge is 0.497 e. The van der Waals surface area contributed by atoms with Crippen LogP contribution in [0.15, 0.2) is 48.5 Å². The van der Waals surface area contributed by atoms with Crippen LogP contribution in [0.4, 0.5) is 5.82 Å². The average Bonchev–Trinajstić information content (AvgIpc) is 2.96. The van der Waals surface area contributed by atoms with Gasteiger partial charge in [0, 0.05) is 11.5 Å². The zero-order chi connectivity index (χ0) is 17.1. The van der Waals surface area contributed by atoms with E-state index in [4.69, 9.17) is 15.2 Å². The van der Waals surface area contributed by atoms with Crippen LogP contribution in [-0.2, 0) is 0 Å². The smallest absolute Gasteiger partial charge is 0.253 e. The van der Waals surface area contributed by atoms with Gasteiger partial charge in [0.25, 0.3) is 5.91 Å². The SMILES string of the molecule is COc1ccc2c(N)nn(C(=O)C(C)COc3ccccc3)c2c1. The number of anilines is 1. The number of hydrogen-bond acceptors (Lipinski definition) is 5. The van der Waals surface area contributed by atoms with Gasteiger partial charge in [-0.15, -0.1) is 5.10 Å². The molecule has 1 atom stereocenters.